The molecule has 3 amide bonds. The van der Waals surface area contributed by atoms with Gasteiger partial charge in [0.05, 0.1) is 18.7 Å². The number of para-hydroxylation sites is 3. The Morgan fingerprint density at radius 1 is 1.17 bits per heavy atom. The summed E-state index contributed by atoms with van der Waals surface area (Å²) in [4.78, 5) is 38.0. The van der Waals surface area contributed by atoms with Crippen molar-refractivity contribution in [1.82, 2.24) is 10.9 Å². The Morgan fingerprint density at radius 2 is 1.90 bits per heavy atom. The van der Waals surface area contributed by atoms with Gasteiger partial charge in [0, 0.05) is 0 Å². The van der Waals surface area contributed by atoms with E-state index in [4.69, 9.17) is 9.47 Å². The molecular formula is C20H20FN3O5. The Kier molecular flexibility index (Phi) is 6.28. The maximum absolute atomic E-state index is 13.6. The summed E-state index contributed by atoms with van der Waals surface area (Å²) in [5.74, 6) is -1.73. The molecule has 0 spiro atoms. The van der Waals surface area contributed by atoms with Crippen LogP contribution in [0.2, 0.25) is 0 Å². The molecule has 0 aliphatic carbocycles. The summed E-state index contributed by atoms with van der Waals surface area (Å²) in [6.45, 7) is 1.33. The zero-order valence-corrected chi connectivity index (χ0v) is 15.7. The monoisotopic (exact) mass is 401 g/mol. The molecule has 1 atom stereocenters. The van der Waals surface area contributed by atoms with Gasteiger partial charge in [-0.25, -0.2) is 4.39 Å². The first kappa shape index (κ1) is 20.1. The molecule has 8 nitrogen and oxygen atoms in total. The zero-order chi connectivity index (χ0) is 20.8. The second-order valence-electron chi connectivity index (χ2n) is 6.27. The lowest BCUT2D eigenvalue weighted by Crippen LogP contribution is -2.50. The Bertz CT molecular complexity index is 920. The highest BCUT2D eigenvalue weighted by Crippen LogP contribution is 2.30. The first-order chi connectivity index (χ1) is 14.0. The van der Waals surface area contributed by atoms with E-state index >= 15 is 0 Å². The number of fused-ring (bicyclic) bond motifs is 1. The molecule has 0 aromatic heterocycles. The number of carbonyl (C=O) groups is 3. The van der Waals surface area contributed by atoms with Gasteiger partial charge < -0.3 is 9.47 Å². The average molecular weight is 401 g/mol. The van der Waals surface area contributed by atoms with Crippen LogP contribution in [0, 0.1) is 5.82 Å². The molecule has 0 saturated carbocycles. The van der Waals surface area contributed by atoms with Gasteiger partial charge in [-0.15, -0.1) is 0 Å². The van der Waals surface area contributed by atoms with Gasteiger partial charge >= 0.3 is 0 Å². The lowest BCUT2D eigenvalue weighted by molar-refractivity contribution is -0.132. The van der Waals surface area contributed by atoms with Gasteiger partial charge in [-0.3, -0.25) is 30.1 Å². The summed E-state index contributed by atoms with van der Waals surface area (Å²) >= 11 is 0. The SMILES string of the molecule is C[C@@H](Oc1ccccc1F)C(=O)NNC(=O)CN1C(=O)CCOc2ccccc21. The number of hydrogen-bond acceptors (Lipinski definition) is 5. The number of benzene rings is 2. The van der Waals surface area contributed by atoms with Crippen LogP contribution < -0.4 is 25.2 Å². The number of amides is 3. The fraction of sp³-hybridized carbons (Fsp3) is 0.250. The molecule has 1 aliphatic rings. The van der Waals surface area contributed by atoms with E-state index in [1.165, 1.54) is 30.0 Å². The van der Waals surface area contributed by atoms with E-state index in [1.807, 2.05) is 0 Å². The first-order valence-corrected chi connectivity index (χ1v) is 8.98. The number of nitrogens with zero attached hydrogens (tertiary/aromatic N) is 1. The van der Waals surface area contributed by atoms with Crippen molar-refractivity contribution in [3.05, 3.63) is 54.3 Å². The van der Waals surface area contributed by atoms with Gasteiger partial charge in [-0.05, 0) is 31.2 Å². The van der Waals surface area contributed by atoms with Gasteiger partial charge in [0.25, 0.3) is 11.8 Å². The van der Waals surface area contributed by atoms with Gasteiger partial charge in [-0.2, -0.15) is 0 Å². The number of carbonyl (C=O) groups excluding carboxylic acids is 3. The van der Waals surface area contributed by atoms with Crippen LogP contribution in [-0.2, 0) is 14.4 Å². The molecule has 1 aliphatic heterocycles. The summed E-state index contributed by atoms with van der Waals surface area (Å²) in [7, 11) is 0. The van der Waals surface area contributed by atoms with E-state index in [9.17, 15) is 18.8 Å². The van der Waals surface area contributed by atoms with Crippen molar-refractivity contribution in [1.29, 1.82) is 0 Å². The Labute approximate surface area is 166 Å². The lowest BCUT2D eigenvalue weighted by Gasteiger charge is -2.21. The summed E-state index contributed by atoms with van der Waals surface area (Å²) < 4.78 is 24.4. The number of hydrogen-bond donors (Lipinski definition) is 2. The van der Waals surface area contributed by atoms with Crippen LogP contribution in [0.1, 0.15) is 13.3 Å². The van der Waals surface area contributed by atoms with Crippen LogP contribution in [0.4, 0.5) is 10.1 Å². The molecular weight excluding hydrogens is 381 g/mol. The standard InChI is InChI=1S/C20H20FN3O5/c1-13(29-16-8-4-2-6-14(16)21)20(27)23-22-18(25)12-24-15-7-3-5-9-17(15)28-11-10-19(24)26/h2-9,13H,10-12H2,1H3,(H,22,25)(H,23,27)/t13-/m1/s1. The molecule has 2 N–H and O–H groups in total. The van der Waals surface area contributed by atoms with E-state index in [-0.39, 0.29) is 31.2 Å². The maximum atomic E-state index is 13.6. The zero-order valence-electron chi connectivity index (χ0n) is 15.7. The third-order valence-corrected chi connectivity index (χ3v) is 4.17. The van der Waals surface area contributed by atoms with E-state index < -0.39 is 23.7 Å². The minimum absolute atomic E-state index is 0.0757. The van der Waals surface area contributed by atoms with Crippen molar-refractivity contribution in [3.63, 3.8) is 0 Å². The van der Waals surface area contributed by atoms with Crippen LogP contribution in [0.15, 0.2) is 48.5 Å². The molecule has 2 aromatic rings. The highest BCUT2D eigenvalue weighted by atomic mass is 19.1. The Hall–Kier alpha value is -3.62. The van der Waals surface area contributed by atoms with Crippen molar-refractivity contribution in [3.8, 4) is 11.5 Å². The van der Waals surface area contributed by atoms with Crippen LogP contribution in [0.5, 0.6) is 11.5 Å². The molecule has 0 unspecified atom stereocenters. The summed E-state index contributed by atoms with van der Waals surface area (Å²) in [5.41, 5.74) is 4.93. The third kappa shape index (κ3) is 5.01. The van der Waals surface area contributed by atoms with Crippen molar-refractivity contribution < 1.29 is 28.2 Å². The third-order valence-electron chi connectivity index (χ3n) is 4.17. The van der Waals surface area contributed by atoms with Crippen molar-refractivity contribution in [2.24, 2.45) is 0 Å². The fourth-order valence-electron chi connectivity index (χ4n) is 2.69. The molecule has 0 saturated heterocycles. The fourth-order valence-corrected chi connectivity index (χ4v) is 2.69. The van der Waals surface area contributed by atoms with Crippen molar-refractivity contribution >= 4 is 23.4 Å². The Balaban J connectivity index is 1.56. The van der Waals surface area contributed by atoms with Crippen LogP contribution >= 0.6 is 0 Å². The predicted octanol–water partition coefficient (Wildman–Crippen LogP) is 1.56. The highest BCUT2D eigenvalue weighted by molar-refractivity contribution is 6.00. The first-order valence-electron chi connectivity index (χ1n) is 8.98. The van der Waals surface area contributed by atoms with E-state index in [0.29, 0.717) is 11.4 Å². The molecule has 3 rings (SSSR count). The van der Waals surface area contributed by atoms with Crippen LogP contribution in [-0.4, -0.2) is 37.0 Å². The van der Waals surface area contributed by atoms with E-state index in [0.717, 1.165) is 0 Å². The molecule has 0 radical (unpaired) electrons. The Morgan fingerprint density at radius 3 is 2.69 bits per heavy atom. The van der Waals surface area contributed by atoms with E-state index in [1.54, 1.807) is 30.3 Å². The molecule has 152 valence electrons. The highest BCUT2D eigenvalue weighted by Gasteiger charge is 2.25. The molecule has 1 heterocycles. The minimum Gasteiger partial charge on any atom is -0.491 e. The minimum atomic E-state index is -1.05. The van der Waals surface area contributed by atoms with Crippen molar-refractivity contribution in [2.75, 3.05) is 18.1 Å². The maximum Gasteiger partial charge on any atom is 0.279 e. The molecule has 9 heteroatoms. The van der Waals surface area contributed by atoms with Gasteiger partial charge in [0.1, 0.15) is 12.3 Å². The second kappa shape index (κ2) is 9.05. The molecule has 0 bridgehead atoms. The second-order valence-corrected chi connectivity index (χ2v) is 6.27. The van der Waals surface area contributed by atoms with Gasteiger partial charge in [0.2, 0.25) is 5.91 Å². The van der Waals surface area contributed by atoms with Gasteiger partial charge in [-0.1, -0.05) is 24.3 Å². The number of nitrogens with one attached hydrogen (secondary N) is 2. The summed E-state index contributed by atoms with van der Waals surface area (Å²) in [5, 5.41) is 0. The molecule has 2 aromatic carbocycles. The predicted molar refractivity (Wildman–Crippen MR) is 102 cm³/mol. The smallest absolute Gasteiger partial charge is 0.279 e. The quantitative estimate of drug-likeness (QED) is 0.741. The number of hydrazine groups is 1. The number of rotatable bonds is 5. The van der Waals surface area contributed by atoms with Crippen molar-refractivity contribution in [2.45, 2.75) is 19.4 Å². The number of ether oxygens (including phenoxy) is 2. The number of anilines is 1. The largest absolute Gasteiger partial charge is 0.491 e. The average Bonchev–Trinajstić information content (AvgIpc) is 2.87. The molecule has 0 fully saturated rings. The van der Waals surface area contributed by atoms with E-state index in [2.05, 4.69) is 10.9 Å². The topological polar surface area (TPSA) is 97.0 Å². The lowest BCUT2D eigenvalue weighted by atomic mass is 10.2. The summed E-state index contributed by atoms with van der Waals surface area (Å²) in [6.07, 6.45) is -0.928. The van der Waals surface area contributed by atoms with Crippen LogP contribution in [0.3, 0.4) is 0 Å². The van der Waals surface area contributed by atoms with Gasteiger partial charge in [0.15, 0.2) is 17.7 Å². The molecule has 29 heavy (non-hydrogen) atoms. The number of halogens is 1. The van der Waals surface area contributed by atoms with Crippen LogP contribution in [0.25, 0.3) is 0 Å². The summed E-state index contributed by atoms with van der Waals surface area (Å²) in [6, 6.07) is 12.6. The normalized spacial score (nSPS) is 14.1.